The third kappa shape index (κ3) is 1.80. The van der Waals surface area contributed by atoms with E-state index >= 15 is 0 Å². The van der Waals surface area contributed by atoms with Crippen molar-refractivity contribution in [2.75, 3.05) is 0 Å². The average Bonchev–Trinajstić information content (AvgIpc) is 2.57. The smallest absolute Gasteiger partial charge is 0.229 e. The number of hydrogen-bond donors (Lipinski definition) is 0. The van der Waals surface area contributed by atoms with Crippen LogP contribution in [-0.2, 0) is 17.6 Å². The Kier molecular flexibility index (Phi) is 3.00. The zero-order valence-electron chi connectivity index (χ0n) is 12.7. The van der Waals surface area contributed by atoms with Gasteiger partial charge in [0, 0.05) is 12.0 Å². The second-order valence-corrected chi connectivity index (χ2v) is 6.27. The van der Waals surface area contributed by atoms with Gasteiger partial charge in [0.25, 0.3) is 0 Å². The first-order chi connectivity index (χ1) is 10.7. The predicted octanol–water partition coefficient (Wildman–Crippen LogP) is 4.10. The Balaban J connectivity index is 1.99. The van der Waals surface area contributed by atoms with Crippen molar-refractivity contribution in [2.24, 2.45) is 0 Å². The quantitative estimate of drug-likeness (QED) is 0.741. The van der Waals surface area contributed by atoms with E-state index in [9.17, 15) is 9.59 Å². The molecular formula is C20H18O2. The first kappa shape index (κ1) is 13.4. The molecule has 0 bridgehead atoms. The van der Waals surface area contributed by atoms with E-state index in [-0.39, 0.29) is 17.5 Å². The van der Waals surface area contributed by atoms with Gasteiger partial charge in [0.15, 0.2) is 0 Å². The summed E-state index contributed by atoms with van der Waals surface area (Å²) in [5.41, 5.74) is 6.58. The first-order valence-corrected chi connectivity index (χ1v) is 8.02. The lowest BCUT2D eigenvalue weighted by atomic mass is 9.73. The van der Waals surface area contributed by atoms with Gasteiger partial charge in [0.2, 0.25) is 11.6 Å². The van der Waals surface area contributed by atoms with Crippen molar-refractivity contribution in [2.45, 2.75) is 38.5 Å². The predicted molar refractivity (Wildman–Crippen MR) is 86.3 cm³/mol. The molecule has 2 aromatic rings. The number of Topliss-reactive ketones (excluding diaryl/α,β-unsaturated/α-hetero) is 2. The minimum atomic E-state index is -0.268. The fourth-order valence-corrected chi connectivity index (χ4v) is 3.98. The summed E-state index contributed by atoms with van der Waals surface area (Å²) in [6, 6.07) is 12.6. The average molecular weight is 290 g/mol. The third-order valence-corrected chi connectivity index (χ3v) is 5.14. The van der Waals surface area contributed by atoms with Gasteiger partial charge in [-0.25, -0.2) is 0 Å². The van der Waals surface area contributed by atoms with E-state index in [0.29, 0.717) is 6.42 Å². The van der Waals surface area contributed by atoms with E-state index in [4.69, 9.17) is 0 Å². The number of benzene rings is 2. The Morgan fingerprint density at radius 3 is 2.64 bits per heavy atom. The number of aryl methyl sites for hydroxylation is 1. The Morgan fingerprint density at radius 1 is 1.00 bits per heavy atom. The molecular weight excluding hydrogens is 272 g/mol. The molecule has 0 aromatic heterocycles. The van der Waals surface area contributed by atoms with Crippen LogP contribution in [0.15, 0.2) is 36.4 Å². The van der Waals surface area contributed by atoms with Gasteiger partial charge in [-0.2, -0.15) is 0 Å². The van der Waals surface area contributed by atoms with E-state index in [1.165, 1.54) is 11.1 Å². The lowest BCUT2D eigenvalue weighted by Gasteiger charge is -2.29. The van der Waals surface area contributed by atoms with Gasteiger partial charge >= 0.3 is 0 Å². The van der Waals surface area contributed by atoms with Crippen molar-refractivity contribution in [3.8, 4) is 11.1 Å². The Labute approximate surface area is 130 Å². The number of carbonyl (C=O) groups excluding carboxylic acids is 2. The van der Waals surface area contributed by atoms with Gasteiger partial charge < -0.3 is 0 Å². The standard InChI is InChI=1S/C20H18O2/c1-2-12-11-18(21)20(22)19-15(12)9-10-16-14-6-4-3-5-13(14)7-8-17(16)19/h3-6,9-10,12H,2,7-8,11H2,1H3. The molecule has 2 heteroatoms. The molecule has 1 atom stereocenters. The van der Waals surface area contributed by atoms with Crippen LogP contribution in [0.3, 0.4) is 0 Å². The summed E-state index contributed by atoms with van der Waals surface area (Å²) >= 11 is 0. The first-order valence-electron chi connectivity index (χ1n) is 8.02. The highest BCUT2D eigenvalue weighted by Crippen LogP contribution is 2.41. The minimum Gasteiger partial charge on any atom is -0.290 e. The summed E-state index contributed by atoms with van der Waals surface area (Å²) in [5, 5.41) is 0. The summed E-state index contributed by atoms with van der Waals surface area (Å²) in [6.45, 7) is 2.09. The van der Waals surface area contributed by atoms with Crippen LogP contribution >= 0.6 is 0 Å². The van der Waals surface area contributed by atoms with Crippen LogP contribution in [0.5, 0.6) is 0 Å². The highest BCUT2D eigenvalue weighted by molar-refractivity contribution is 6.45. The van der Waals surface area contributed by atoms with Crippen molar-refractivity contribution in [1.82, 2.24) is 0 Å². The molecule has 2 aromatic carbocycles. The number of hydrogen-bond acceptors (Lipinski definition) is 2. The largest absolute Gasteiger partial charge is 0.290 e. The van der Waals surface area contributed by atoms with E-state index in [1.807, 2.05) is 6.07 Å². The maximum absolute atomic E-state index is 12.5. The van der Waals surface area contributed by atoms with Crippen LogP contribution in [-0.4, -0.2) is 11.6 Å². The molecule has 2 nitrogen and oxygen atoms in total. The molecule has 22 heavy (non-hydrogen) atoms. The molecule has 0 fully saturated rings. The van der Waals surface area contributed by atoms with Crippen LogP contribution < -0.4 is 0 Å². The Bertz CT molecular complexity index is 801. The monoisotopic (exact) mass is 290 g/mol. The molecule has 0 amide bonds. The number of carbonyl (C=O) groups is 2. The minimum absolute atomic E-state index is 0.197. The molecule has 2 aliphatic carbocycles. The molecule has 2 aliphatic rings. The van der Waals surface area contributed by atoms with Gasteiger partial charge in [0.05, 0.1) is 0 Å². The molecule has 0 saturated heterocycles. The summed E-state index contributed by atoms with van der Waals surface area (Å²) in [6.07, 6.45) is 3.07. The third-order valence-electron chi connectivity index (χ3n) is 5.14. The molecule has 0 heterocycles. The summed E-state index contributed by atoms with van der Waals surface area (Å²) in [4.78, 5) is 24.6. The molecule has 0 N–H and O–H groups in total. The lowest BCUT2D eigenvalue weighted by Crippen LogP contribution is -2.28. The normalized spacial score (nSPS) is 19.4. The highest BCUT2D eigenvalue weighted by Gasteiger charge is 2.35. The van der Waals surface area contributed by atoms with Crippen LogP contribution in [0, 0.1) is 0 Å². The zero-order chi connectivity index (χ0) is 15.3. The molecule has 0 saturated carbocycles. The zero-order valence-corrected chi connectivity index (χ0v) is 12.7. The van der Waals surface area contributed by atoms with Crippen LogP contribution in [0.1, 0.15) is 52.7 Å². The summed E-state index contributed by atoms with van der Waals surface area (Å²) in [7, 11) is 0. The maximum Gasteiger partial charge on any atom is 0.229 e. The second-order valence-electron chi connectivity index (χ2n) is 6.27. The molecule has 110 valence electrons. The van der Waals surface area contributed by atoms with Gasteiger partial charge in [-0.05, 0) is 53.0 Å². The molecule has 0 radical (unpaired) electrons. The summed E-state index contributed by atoms with van der Waals surface area (Å²) in [5.74, 6) is -0.287. The van der Waals surface area contributed by atoms with Gasteiger partial charge in [-0.1, -0.05) is 43.3 Å². The van der Waals surface area contributed by atoms with Crippen molar-refractivity contribution in [3.05, 3.63) is 58.7 Å². The van der Waals surface area contributed by atoms with Crippen LogP contribution in [0.2, 0.25) is 0 Å². The van der Waals surface area contributed by atoms with E-state index in [1.54, 1.807) is 0 Å². The topological polar surface area (TPSA) is 34.1 Å². The van der Waals surface area contributed by atoms with Crippen molar-refractivity contribution >= 4 is 11.6 Å². The molecule has 1 unspecified atom stereocenters. The van der Waals surface area contributed by atoms with Crippen molar-refractivity contribution < 1.29 is 9.59 Å². The SMILES string of the molecule is CCC1CC(=O)C(=O)c2c1ccc1c2CCc2ccccc2-1. The van der Waals surface area contributed by atoms with Crippen molar-refractivity contribution in [3.63, 3.8) is 0 Å². The van der Waals surface area contributed by atoms with Gasteiger partial charge in [-0.15, -0.1) is 0 Å². The highest BCUT2D eigenvalue weighted by atomic mass is 16.2. The molecule has 4 rings (SSSR count). The molecule has 0 spiro atoms. The van der Waals surface area contributed by atoms with E-state index in [0.717, 1.165) is 41.5 Å². The van der Waals surface area contributed by atoms with Crippen molar-refractivity contribution in [1.29, 1.82) is 0 Å². The number of rotatable bonds is 1. The fourth-order valence-electron chi connectivity index (χ4n) is 3.98. The number of ketones is 2. The molecule has 0 aliphatic heterocycles. The van der Waals surface area contributed by atoms with Crippen LogP contribution in [0.4, 0.5) is 0 Å². The van der Waals surface area contributed by atoms with Gasteiger partial charge in [-0.3, -0.25) is 9.59 Å². The van der Waals surface area contributed by atoms with Gasteiger partial charge in [0.1, 0.15) is 0 Å². The summed E-state index contributed by atoms with van der Waals surface area (Å²) < 4.78 is 0. The number of fused-ring (bicyclic) bond motifs is 5. The fraction of sp³-hybridized carbons (Fsp3) is 0.300. The maximum atomic E-state index is 12.5. The van der Waals surface area contributed by atoms with E-state index in [2.05, 4.69) is 37.3 Å². The van der Waals surface area contributed by atoms with Crippen LogP contribution in [0.25, 0.3) is 11.1 Å². The second kappa shape index (κ2) is 4.91. The Hall–Kier alpha value is -2.22. The Morgan fingerprint density at radius 2 is 1.82 bits per heavy atom. The lowest BCUT2D eigenvalue weighted by molar-refractivity contribution is -0.115. The van der Waals surface area contributed by atoms with E-state index < -0.39 is 0 Å².